The van der Waals surface area contributed by atoms with E-state index in [1.165, 1.54) is 7.14 Å². The van der Waals surface area contributed by atoms with Gasteiger partial charge in [-0.15, -0.1) is 10.2 Å². The van der Waals surface area contributed by atoms with Crippen LogP contribution in [-0.2, 0) is 0 Å². The van der Waals surface area contributed by atoms with Crippen LogP contribution in [0, 0.1) is 17.4 Å². The van der Waals surface area contributed by atoms with E-state index < -0.39 is 10.2 Å². The van der Waals surface area contributed by atoms with Crippen molar-refractivity contribution in [1.29, 1.82) is 0 Å². The van der Waals surface area contributed by atoms with E-state index in [9.17, 15) is 0 Å². The molecule has 0 saturated carbocycles. The van der Waals surface area contributed by atoms with Crippen molar-refractivity contribution in [3.63, 3.8) is 0 Å². The number of hydrogen-bond acceptors (Lipinski definition) is 4. The minimum atomic E-state index is -4.94. The fraction of sp³-hybridized carbons (Fsp3) is 0. The molecule has 102 valence electrons. The molecule has 0 bridgehead atoms. The van der Waals surface area contributed by atoms with Crippen LogP contribution in [0.3, 0.4) is 0 Å². The zero-order chi connectivity index (χ0) is 14.3. The first-order valence-corrected chi connectivity index (χ1v) is 8.69. The molecule has 0 saturated heterocycles. The molecule has 2 aromatic rings. The van der Waals surface area contributed by atoms with Gasteiger partial charge in [-0.3, -0.25) is 0 Å². The summed E-state index contributed by atoms with van der Waals surface area (Å²) in [7, 11) is -4.94. The Morgan fingerprint density at radius 1 is 0.737 bits per heavy atom. The molecular formula is C12H9Cl2IO4. The first-order valence-electron chi connectivity index (χ1n) is 4.92. The number of rotatable bonds is 2. The summed E-state index contributed by atoms with van der Waals surface area (Å²) >= 11 is 5.78. The van der Waals surface area contributed by atoms with E-state index in [-0.39, 0.29) is 21.2 Å². The molecule has 0 fully saturated rings. The molecule has 0 aliphatic carbocycles. The largest absolute Gasteiger partial charge is 0.357 e. The Labute approximate surface area is 128 Å². The summed E-state index contributed by atoms with van der Waals surface area (Å²) in [5.74, 6) is 0. The maximum Gasteiger partial charge on any atom is 0.357 e. The van der Waals surface area contributed by atoms with Gasteiger partial charge in [0.15, 0.2) is 7.14 Å². The van der Waals surface area contributed by atoms with Gasteiger partial charge < -0.3 is 0 Å². The van der Waals surface area contributed by atoms with Crippen LogP contribution in [0.1, 0.15) is 0 Å². The SMILES string of the molecule is Clc1ccc([I+]c2ccccc2)cc1.[O-][Cl+3]([O-])([O-])[O-]. The highest BCUT2D eigenvalue weighted by Crippen LogP contribution is 2.04. The molecule has 0 aliphatic heterocycles. The van der Waals surface area contributed by atoms with Gasteiger partial charge in [-0.1, -0.05) is 29.8 Å². The molecule has 2 rings (SSSR count). The van der Waals surface area contributed by atoms with E-state index in [1.807, 2.05) is 12.1 Å². The summed E-state index contributed by atoms with van der Waals surface area (Å²) in [6, 6.07) is 18.7. The number of benzene rings is 2. The summed E-state index contributed by atoms with van der Waals surface area (Å²) in [5.41, 5.74) is 0. The lowest BCUT2D eigenvalue weighted by atomic mass is 10.4. The van der Waals surface area contributed by atoms with E-state index in [2.05, 4.69) is 42.5 Å². The fourth-order valence-corrected chi connectivity index (χ4v) is 3.44. The van der Waals surface area contributed by atoms with Gasteiger partial charge >= 0.3 is 21.2 Å². The van der Waals surface area contributed by atoms with Crippen LogP contribution >= 0.6 is 11.6 Å². The average molecular weight is 415 g/mol. The van der Waals surface area contributed by atoms with Gasteiger partial charge in [0, 0.05) is 5.02 Å². The Bertz CT molecular complexity index is 479. The third kappa shape index (κ3) is 9.17. The van der Waals surface area contributed by atoms with Gasteiger partial charge in [-0.25, -0.2) is 18.6 Å². The summed E-state index contributed by atoms with van der Waals surface area (Å²) in [6.45, 7) is 0. The van der Waals surface area contributed by atoms with Gasteiger partial charge in [0.05, 0.1) is 0 Å². The van der Waals surface area contributed by atoms with Gasteiger partial charge in [-0.05, 0) is 36.4 Å². The topological polar surface area (TPSA) is 92.2 Å². The van der Waals surface area contributed by atoms with Crippen LogP contribution in [0.2, 0.25) is 5.02 Å². The summed E-state index contributed by atoms with van der Waals surface area (Å²) < 4.78 is 36.8. The van der Waals surface area contributed by atoms with Crippen molar-refractivity contribution in [2.24, 2.45) is 0 Å². The Kier molecular flexibility index (Phi) is 7.01. The summed E-state index contributed by atoms with van der Waals surface area (Å²) in [5, 5.41) is 0.811. The van der Waals surface area contributed by atoms with Crippen molar-refractivity contribution in [2.75, 3.05) is 0 Å². The molecule has 4 nitrogen and oxygen atoms in total. The van der Waals surface area contributed by atoms with Gasteiger partial charge in [0.25, 0.3) is 0 Å². The molecule has 7 heteroatoms. The summed E-state index contributed by atoms with van der Waals surface area (Å²) in [4.78, 5) is 0. The van der Waals surface area contributed by atoms with Crippen LogP contribution < -0.4 is 39.8 Å². The Morgan fingerprint density at radius 2 is 1.16 bits per heavy atom. The van der Waals surface area contributed by atoms with E-state index >= 15 is 0 Å². The second kappa shape index (κ2) is 8.01. The van der Waals surface area contributed by atoms with Gasteiger partial charge in [-0.2, -0.15) is 0 Å². The van der Waals surface area contributed by atoms with Crippen molar-refractivity contribution in [3.8, 4) is 0 Å². The van der Waals surface area contributed by atoms with Gasteiger partial charge in [0.1, 0.15) is 0 Å². The Morgan fingerprint density at radius 3 is 1.63 bits per heavy atom. The summed E-state index contributed by atoms with van der Waals surface area (Å²) in [6.07, 6.45) is 0. The minimum Gasteiger partial charge on any atom is -0.222 e. The molecule has 0 heterocycles. The van der Waals surface area contributed by atoms with Crippen molar-refractivity contribution < 1.29 is 50.1 Å². The van der Waals surface area contributed by atoms with Crippen LogP contribution in [0.15, 0.2) is 54.6 Å². The van der Waals surface area contributed by atoms with E-state index in [4.69, 9.17) is 30.2 Å². The maximum absolute atomic E-state index is 8.49. The third-order valence-electron chi connectivity index (χ3n) is 1.75. The molecule has 0 spiro atoms. The second-order valence-electron chi connectivity index (χ2n) is 3.20. The molecule has 19 heavy (non-hydrogen) atoms. The molecule has 0 aliphatic rings. The highest BCUT2D eigenvalue weighted by atomic mass is 127. The molecule has 0 N–H and O–H groups in total. The van der Waals surface area contributed by atoms with Gasteiger partial charge in [0.2, 0.25) is 0 Å². The van der Waals surface area contributed by atoms with Crippen molar-refractivity contribution in [1.82, 2.24) is 0 Å². The normalized spacial score (nSPS) is 10.6. The van der Waals surface area contributed by atoms with Crippen LogP contribution in [0.25, 0.3) is 0 Å². The molecule has 2 aromatic carbocycles. The number of halogens is 3. The van der Waals surface area contributed by atoms with Crippen molar-refractivity contribution in [3.05, 3.63) is 66.8 Å². The zero-order valence-corrected chi connectivity index (χ0v) is 13.1. The Hall–Kier alpha value is -0.410. The molecule has 0 aromatic heterocycles. The second-order valence-corrected chi connectivity index (χ2v) is 7.43. The first-order chi connectivity index (χ1) is 8.84. The Balaban J connectivity index is 0.000000312. The van der Waals surface area contributed by atoms with Crippen molar-refractivity contribution in [2.45, 2.75) is 0 Å². The molecule has 0 amide bonds. The van der Waals surface area contributed by atoms with Crippen LogP contribution in [0.5, 0.6) is 0 Å². The maximum atomic E-state index is 8.49. The molecular weight excluding hydrogens is 406 g/mol. The van der Waals surface area contributed by atoms with Crippen molar-refractivity contribution >= 4 is 11.6 Å². The average Bonchev–Trinajstić information content (AvgIpc) is 2.31. The predicted molar refractivity (Wildman–Crippen MR) is 55.3 cm³/mol. The van der Waals surface area contributed by atoms with Crippen LogP contribution in [0.4, 0.5) is 0 Å². The smallest absolute Gasteiger partial charge is 0.222 e. The van der Waals surface area contributed by atoms with E-state index in [0.29, 0.717) is 0 Å². The molecule has 0 radical (unpaired) electrons. The lowest BCUT2D eigenvalue weighted by molar-refractivity contribution is -2.00. The monoisotopic (exact) mass is 414 g/mol. The highest BCUT2D eigenvalue weighted by molar-refractivity contribution is 6.30. The molecule has 0 atom stereocenters. The first kappa shape index (κ1) is 16.6. The van der Waals surface area contributed by atoms with E-state index in [1.54, 1.807) is 0 Å². The number of hydrogen-bond donors (Lipinski definition) is 0. The van der Waals surface area contributed by atoms with Crippen LogP contribution in [-0.4, -0.2) is 0 Å². The predicted octanol–water partition coefficient (Wildman–Crippen LogP) is -4.29. The lowest BCUT2D eigenvalue weighted by Crippen LogP contribution is -3.61. The minimum absolute atomic E-state index is 0.0427. The zero-order valence-electron chi connectivity index (χ0n) is 9.46. The quantitative estimate of drug-likeness (QED) is 0.465. The highest BCUT2D eigenvalue weighted by Gasteiger charge is 2.13. The third-order valence-corrected chi connectivity index (χ3v) is 4.69. The fourth-order valence-electron chi connectivity index (χ4n) is 1.10. The standard InChI is InChI=1S/C12H9ClI.ClHO4/c13-10-6-8-12(9-7-10)14-11-4-2-1-3-5-11;2-1(3,4)5/h1-9H;(H,2,3,4,5)/q+1;/p-1. The lowest BCUT2D eigenvalue weighted by Gasteiger charge is -2.17. The van der Waals surface area contributed by atoms with E-state index in [0.717, 1.165) is 5.02 Å². The molecule has 0 unspecified atom stereocenters.